The summed E-state index contributed by atoms with van der Waals surface area (Å²) in [6.45, 7) is 5.03. The molecule has 0 amide bonds. The van der Waals surface area contributed by atoms with Crippen LogP contribution in [-0.2, 0) is 6.54 Å². The topological polar surface area (TPSA) is 42.2 Å². The Kier molecular flexibility index (Phi) is 5.61. The highest BCUT2D eigenvalue weighted by Gasteiger charge is 2.28. The zero-order valence-electron chi connectivity index (χ0n) is 11.7. The lowest BCUT2D eigenvalue weighted by Crippen LogP contribution is -2.44. The lowest BCUT2D eigenvalue weighted by molar-refractivity contribution is 0.105. The second-order valence-electron chi connectivity index (χ2n) is 5.40. The van der Waals surface area contributed by atoms with Gasteiger partial charge in [-0.2, -0.15) is 0 Å². The van der Waals surface area contributed by atoms with Crippen LogP contribution in [0.1, 0.15) is 38.2 Å². The van der Waals surface area contributed by atoms with E-state index in [0.717, 1.165) is 19.6 Å². The van der Waals surface area contributed by atoms with Gasteiger partial charge in [0.2, 0.25) is 0 Å². The van der Waals surface area contributed by atoms with Crippen LogP contribution in [0.5, 0.6) is 0 Å². The summed E-state index contributed by atoms with van der Waals surface area (Å²) < 4.78 is 0. The zero-order valence-corrected chi connectivity index (χ0v) is 12.4. The fraction of sp³-hybridized carbons (Fsp3) is 0.667. The van der Waals surface area contributed by atoms with E-state index in [1.807, 2.05) is 6.07 Å². The number of hydrogen-bond acceptors (Lipinski definition) is 3. The summed E-state index contributed by atoms with van der Waals surface area (Å²) in [6, 6.07) is 4.63. The zero-order chi connectivity index (χ0) is 13.7. The van der Waals surface area contributed by atoms with E-state index in [-0.39, 0.29) is 0 Å². The largest absolute Gasteiger partial charge is 0.330 e. The number of halogens is 1. The van der Waals surface area contributed by atoms with Crippen molar-refractivity contribution >= 4 is 11.6 Å². The van der Waals surface area contributed by atoms with Crippen molar-refractivity contribution in [1.29, 1.82) is 0 Å². The molecular weight excluding hydrogens is 258 g/mol. The van der Waals surface area contributed by atoms with Crippen LogP contribution in [0.2, 0.25) is 5.15 Å². The van der Waals surface area contributed by atoms with Gasteiger partial charge in [0.05, 0.1) is 0 Å². The molecule has 4 heteroatoms. The van der Waals surface area contributed by atoms with Gasteiger partial charge >= 0.3 is 0 Å². The lowest BCUT2D eigenvalue weighted by atomic mass is 9.83. The minimum Gasteiger partial charge on any atom is -0.330 e. The molecule has 2 unspecified atom stereocenters. The summed E-state index contributed by atoms with van der Waals surface area (Å²) in [5.74, 6) is 0.644. The van der Waals surface area contributed by atoms with Crippen molar-refractivity contribution in [3.8, 4) is 0 Å². The molecule has 1 aliphatic rings. The Morgan fingerprint density at radius 1 is 1.42 bits per heavy atom. The second-order valence-corrected chi connectivity index (χ2v) is 5.78. The van der Waals surface area contributed by atoms with Crippen molar-refractivity contribution in [1.82, 2.24) is 9.88 Å². The quantitative estimate of drug-likeness (QED) is 0.844. The predicted octanol–water partition coefficient (Wildman–Crippen LogP) is 3.07. The first-order valence-corrected chi connectivity index (χ1v) is 7.67. The van der Waals surface area contributed by atoms with E-state index in [9.17, 15) is 0 Å². The van der Waals surface area contributed by atoms with Crippen molar-refractivity contribution in [2.24, 2.45) is 11.7 Å². The van der Waals surface area contributed by atoms with Crippen molar-refractivity contribution in [2.45, 2.75) is 45.2 Å². The van der Waals surface area contributed by atoms with E-state index in [2.05, 4.69) is 22.9 Å². The summed E-state index contributed by atoms with van der Waals surface area (Å²) in [5, 5.41) is 0.576. The van der Waals surface area contributed by atoms with Gasteiger partial charge in [0.15, 0.2) is 0 Å². The van der Waals surface area contributed by atoms with Gasteiger partial charge in [0.25, 0.3) is 0 Å². The van der Waals surface area contributed by atoms with Crippen LogP contribution < -0.4 is 5.73 Å². The Hall–Kier alpha value is -0.640. The molecule has 106 valence electrons. The first-order chi connectivity index (χ1) is 9.24. The summed E-state index contributed by atoms with van der Waals surface area (Å²) in [5.41, 5.74) is 7.18. The van der Waals surface area contributed by atoms with E-state index in [1.165, 1.54) is 31.2 Å². The maximum absolute atomic E-state index is 5.96. The Morgan fingerprint density at radius 2 is 2.21 bits per heavy atom. The smallest absolute Gasteiger partial charge is 0.129 e. The molecule has 1 saturated carbocycles. The first kappa shape index (κ1) is 14.8. The summed E-state index contributed by atoms with van der Waals surface area (Å²) >= 11 is 5.96. The van der Waals surface area contributed by atoms with Gasteiger partial charge in [-0.05, 0) is 49.5 Å². The fourth-order valence-electron chi connectivity index (χ4n) is 3.18. The summed E-state index contributed by atoms with van der Waals surface area (Å²) in [6.07, 6.45) is 6.99. The molecule has 2 rings (SSSR count). The third-order valence-electron chi connectivity index (χ3n) is 4.22. The fourth-order valence-corrected chi connectivity index (χ4v) is 3.38. The van der Waals surface area contributed by atoms with Gasteiger partial charge < -0.3 is 5.73 Å². The minimum absolute atomic E-state index is 0.576. The highest BCUT2D eigenvalue weighted by atomic mass is 35.5. The number of hydrogen-bond donors (Lipinski definition) is 1. The maximum atomic E-state index is 5.96. The molecule has 1 aromatic rings. The Morgan fingerprint density at radius 3 is 2.89 bits per heavy atom. The van der Waals surface area contributed by atoms with Gasteiger partial charge in [0.1, 0.15) is 5.15 Å². The average molecular weight is 282 g/mol. The third-order valence-corrected chi connectivity index (χ3v) is 4.43. The normalized spacial score (nSPS) is 23.8. The number of rotatable bonds is 5. The second kappa shape index (κ2) is 7.22. The monoisotopic (exact) mass is 281 g/mol. The summed E-state index contributed by atoms with van der Waals surface area (Å²) in [7, 11) is 0. The average Bonchev–Trinajstić information content (AvgIpc) is 2.45. The minimum atomic E-state index is 0.576. The van der Waals surface area contributed by atoms with E-state index >= 15 is 0 Å². The Bertz CT molecular complexity index is 397. The van der Waals surface area contributed by atoms with Crippen molar-refractivity contribution in [3.05, 3.63) is 29.0 Å². The molecule has 0 aromatic carbocycles. The van der Waals surface area contributed by atoms with Crippen LogP contribution in [-0.4, -0.2) is 29.0 Å². The van der Waals surface area contributed by atoms with E-state index in [4.69, 9.17) is 17.3 Å². The molecule has 0 bridgehead atoms. The SMILES string of the molecule is CCN(Cc1ccnc(Cl)c1)C1CCCCC1CN. The van der Waals surface area contributed by atoms with E-state index in [1.54, 1.807) is 6.20 Å². The Labute approximate surface area is 121 Å². The maximum Gasteiger partial charge on any atom is 0.129 e. The van der Waals surface area contributed by atoms with Crippen LogP contribution in [0, 0.1) is 5.92 Å². The van der Waals surface area contributed by atoms with E-state index in [0.29, 0.717) is 17.1 Å². The molecule has 2 atom stereocenters. The highest BCUT2D eigenvalue weighted by molar-refractivity contribution is 6.29. The van der Waals surface area contributed by atoms with Crippen LogP contribution in [0.15, 0.2) is 18.3 Å². The molecule has 19 heavy (non-hydrogen) atoms. The lowest BCUT2D eigenvalue weighted by Gasteiger charge is -2.39. The van der Waals surface area contributed by atoms with Crippen molar-refractivity contribution in [2.75, 3.05) is 13.1 Å². The van der Waals surface area contributed by atoms with Crippen molar-refractivity contribution < 1.29 is 0 Å². The molecule has 0 spiro atoms. The molecule has 1 heterocycles. The molecule has 0 saturated heterocycles. The molecular formula is C15H24ClN3. The standard InChI is InChI=1S/C15H24ClN3/c1-2-19(11-12-7-8-18-15(16)9-12)14-6-4-3-5-13(14)10-17/h7-9,13-14H,2-6,10-11,17H2,1H3. The molecule has 1 aliphatic carbocycles. The van der Waals surface area contributed by atoms with Gasteiger partial charge in [-0.1, -0.05) is 31.4 Å². The number of nitrogens with zero attached hydrogens (tertiary/aromatic N) is 2. The molecule has 1 fully saturated rings. The molecule has 1 aromatic heterocycles. The number of aromatic nitrogens is 1. The molecule has 0 radical (unpaired) electrons. The predicted molar refractivity (Wildman–Crippen MR) is 80.1 cm³/mol. The van der Waals surface area contributed by atoms with Gasteiger partial charge in [-0.25, -0.2) is 4.98 Å². The molecule has 0 aliphatic heterocycles. The highest BCUT2D eigenvalue weighted by Crippen LogP contribution is 2.28. The van der Waals surface area contributed by atoms with E-state index < -0.39 is 0 Å². The van der Waals surface area contributed by atoms with Gasteiger partial charge in [-0.15, -0.1) is 0 Å². The first-order valence-electron chi connectivity index (χ1n) is 7.29. The number of pyridine rings is 1. The molecule has 3 nitrogen and oxygen atoms in total. The van der Waals surface area contributed by atoms with Crippen molar-refractivity contribution in [3.63, 3.8) is 0 Å². The molecule has 2 N–H and O–H groups in total. The number of nitrogens with two attached hydrogens (primary N) is 1. The third kappa shape index (κ3) is 3.91. The van der Waals surface area contributed by atoms with Gasteiger partial charge in [-0.3, -0.25) is 4.90 Å². The Balaban J connectivity index is 2.06. The van der Waals surface area contributed by atoms with Crippen LogP contribution in [0.3, 0.4) is 0 Å². The van der Waals surface area contributed by atoms with Crippen LogP contribution in [0.4, 0.5) is 0 Å². The van der Waals surface area contributed by atoms with Gasteiger partial charge in [0, 0.05) is 18.8 Å². The van der Waals surface area contributed by atoms with Crippen LogP contribution in [0.25, 0.3) is 0 Å². The van der Waals surface area contributed by atoms with Crippen LogP contribution >= 0.6 is 11.6 Å². The summed E-state index contributed by atoms with van der Waals surface area (Å²) in [4.78, 5) is 6.59.